The molecule has 1 unspecified atom stereocenters. The Morgan fingerprint density at radius 2 is 2.15 bits per heavy atom. The minimum Gasteiger partial charge on any atom is -0.385 e. The Labute approximate surface area is 120 Å². The molecule has 2 rings (SSSR count). The third kappa shape index (κ3) is 4.21. The summed E-state index contributed by atoms with van der Waals surface area (Å²) < 4.78 is 5.62. The highest BCUT2D eigenvalue weighted by Crippen LogP contribution is 2.09. The summed E-state index contributed by atoms with van der Waals surface area (Å²) in [6, 6.07) is 7.51. The highest BCUT2D eigenvalue weighted by atomic mass is 16.5. The summed E-state index contributed by atoms with van der Waals surface area (Å²) in [6.07, 6.45) is 0.0822. The van der Waals surface area contributed by atoms with Crippen molar-refractivity contribution in [3.8, 4) is 0 Å². The summed E-state index contributed by atoms with van der Waals surface area (Å²) in [5, 5.41) is 6.13. The maximum Gasteiger partial charge on any atom is 0.251 e. The van der Waals surface area contributed by atoms with Crippen LogP contribution >= 0.6 is 0 Å². The molecule has 1 aliphatic heterocycles. The maximum absolute atomic E-state index is 12.0. The number of amides is 1. The first-order valence-electron chi connectivity index (χ1n) is 7.11. The Hall–Kier alpha value is -1.59. The van der Waals surface area contributed by atoms with Crippen LogP contribution < -0.4 is 10.6 Å². The van der Waals surface area contributed by atoms with Gasteiger partial charge in [0.15, 0.2) is 0 Å². The second-order valence-electron chi connectivity index (χ2n) is 5.07. The average molecular weight is 277 g/mol. The second-order valence-corrected chi connectivity index (χ2v) is 5.07. The zero-order valence-corrected chi connectivity index (χ0v) is 12.2. The third-order valence-electron chi connectivity index (χ3n) is 3.36. The quantitative estimate of drug-likeness (QED) is 0.848. The van der Waals surface area contributed by atoms with Gasteiger partial charge in [0, 0.05) is 37.4 Å². The summed E-state index contributed by atoms with van der Waals surface area (Å²) in [6.45, 7) is 6.02. The number of likely N-dealkylation sites (N-methyl/N-ethyl adjacent to an activating group) is 1. The van der Waals surface area contributed by atoms with Gasteiger partial charge >= 0.3 is 0 Å². The largest absolute Gasteiger partial charge is 0.385 e. The van der Waals surface area contributed by atoms with Gasteiger partial charge in [0.25, 0.3) is 5.91 Å². The van der Waals surface area contributed by atoms with Gasteiger partial charge < -0.3 is 20.3 Å². The van der Waals surface area contributed by atoms with Crippen LogP contribution in [0.25, 0.3) is 0 Å². The molecule has 2 N–H and O–H groups in total. The highest BCUT2D eigenvalue weighted by molar-refractivity contribution is 5.94. The van der Waals surface area contributed by atoms with Crippen molar-refractivity contribution in [3.63, 3.8) is 0 Å². The molecule has 0 saturated carbocycles. The van der Waals surface area contributed by atoms with Crippen LogP contribution in [0.5, 0.6) is 0 Å². The predicted octanol–water partition coefficient (Wildman–Crippen LogP) is 1.18. The average Bonchev–Trinajstić information content (AvgIpc) is 2.46. The lowest BCUT2D eigenvalue weighted by atomic mass is 10.2. The molecule has 0 radical (unpaired) electrons. The Morgan fingerprint density at radius 1 is 1.40 bits per heavy atom. The van der Waals surface area contributed by atoms with Gasteiger partial charge in [-0.05, 0) is 38.2 Å². The second kappa shape index (κ2) is 7.26. The van der Waals surface area contributed by atoms with E-state index in [1.807, 2.05) is 31.2 Å². The van der Waals surface area contributed by atoms with Crippen molar-refractivity contribution in [2.24, 2.45) is 0 Å². The van der Waals surface area contributed by atoms with E-state index in [1.54, 1.807) is 0 Å². The molecule has 1 aromatic carbocycles. The Kier molecular flexibility index (Phi) is 5.38. The molecule has 1 fully saturated rings. The van der Waals surface area contributed by atoms with E-state index in [0.29, 0.717) is 12.1 Å². The summed E-state index contributed by atoms with van der Waals surface area (Å²) in [5.74, 6) is -0.0510. The van der Waals surface area contributed by atoms with Crippen LogP contribution in [0, 0.1) is 0 Å². The first-order valence-corrected chi connectivity index (χ1v) is 7.11. The van der Waals surface area contributed by atoms with Crippen molar-refractivity contribution in [3.05, 3.63) is 29.8 Å². The van der Waals surface area contributed by atoms with E-state index in [-0.39, 0.29) is 12.0 Å². The number of benzene rings is 1. The van der Waals surface area contributed by atoms with Gasteiger partial charge in [-0.1, -0.05) is 0 Å². The van der Waals surface area contributed by atoms with E-state index in [9.17, 15) is 4.79 Å². The van der Waals surface area contributed by atoms with Gasteiger partial charge in [0.1, 0.15) is 0 Å². The number of rotatable bonds is 5. The molecule has 5 heteroatoms. The van der Waals surface area contributed by atoms with Crippen molar-refractivity contribution in [1.29, 1.82) is 0 Å². The van der Waals surface area contributed by atoms with Gasteiger partial charge in [0.05, 0.1) is 12.7 Å². The molecule has 0 aromatic heterocycles. The van der Waals surface area contributed by atoms with Gasteiger partial charge in [-0.2, -0.15) is 0 Å². The van der Waals surface area contributed by atoms with Crippen LogP contribution in [0.2, 0.25) is 0 Å². The standard InChI is InChI=1S/C15H23N3O2/c1-3-16-13-6-4-12(5-7-13)15(19)17-10-14-11-18(2)8-9-20-14/h4-7,14,16H,3,8-11H2,1-2H3,(H,17,19). The molecule has 0 aliphatic carbocycles. The Bertz CT molecular complexity index is 433. The number of hydrogen-bond donors (Lipinski definition) is 2. The number of carbonyl (C=O) groups is 1. The molecule has 20 heavy (non-hydrogen) atoms. The van der Waals surface area contributed by atoms with Gasteiger partial charge in [0.2, 0.25) is 0 Å². The lowest BCUT2D eigenvalue weighted by Crippen LogP contribution is -2.45. The van der Waals surface area contributed by atoms with Crippen LogP contribution in [0.15, 0.2) is 24.3 Å². The number of ether oxygens (including phenoxy) is 1. The molecule has 0 bridgehead atoms. The molecule has 1 aliphatic rings. The number of nitrogens with zero attached hydrogens (tertiary/aromatic N) is 1. The molecule has 1 heterocycles. The number of hydrogen-bond acceptors (Lipinski definition) is 4. The molecular weight excluding hydrogens is 254 g/mol. The van der Waals surface area contributed by atoms with E-state index in [0.717, 1.165) is 31.9 Å². The molecule has 1 saturated heterocycles. The Balaban J connectivity index is 1.82. The van der Waals surface area contributed by atoms with Crippen molar-refractivity contribution < 1.29 is 9.53 Å². The maximum atomic E-state index is 12.0. The lowest BCUT2D eigenvalue weighted by molar-refractivity contribution is -0.0175. The van der Waals surface area contributed by atoms with Crippen LogP contribution in [0.1, 0.15) is 17.3 Å². The van der Waals surface area contributed by atoms with E-state index >= 15 is 0 Å². The van der Waals surface area contributed by atoms with E-state index < -0.39 is 0 Å². The summed E-state index contributed by atoms with van der Waals surface area (Å²) in [5.41, 5.74) is 1.71. The van der Waals surface area contributed by atoms with Gasteiger partial charge in [-0.25, -0.2) is 0 Å². The topological polar surface area (TPSA) is 53.6 Å². The molecule has 5 nitrogen and oxygen atoms in total. The fourth-order valence-electron chi connectivity index (χ4n) is 2.24. The molecule has 1 atom stereocenters. The smallest absolute Gasteiger partial charge is 0.251 e. The SMILES string of the molecule is CCNc1ccc(C(=O)NCC2CN(C)CCO2)cc1. The van der Waals surface area contributed by atoms with Crippen molar-refractivity contribution in [1.82, 2.24) is 10.2 Å². The first kappa shape index (κ1) is 14.8. The Morgan fingerprint density at radius 3 is 2.80 bits per heavy atom. The van der Waals surface area contributed by atoms with Crippen LogP contribution in [-0.2, 0) is 4.74 Å². The summed E-state index contributed by atoms with van der Waals surface area (Å²) >= 11 is 0. The fraction of sp³-hybridized carbons (Fsp3) is 0.533. The van der Waals surface area contributed by atoms with Crippen LogP contribution in [0.3, 0.4) is 0 Å². The zero-order chi connectivity index (χ0) is 14.4. The van der Waals surface area contributed by atoms with Crippen LogP contribution in [0.4, 0.5) is 5.69 Å². The van der Waals surface area contributed by atoms with Crippen molar-refractivity contribution in [2.75, 3.05) is 45.2 Å². The van der Waals surface area contributed by atoms with E-state index in [1.165, 1.54) is 0 Å². The number of carbonyl (C=O) groups excluding carboxylic acids is 1. The van der Waals surface area contributed by atoms with Crippen molar-refractivity contribution in [2.45, 2.75) is 13.0 Å². The molecule has 1 amide bonds. The lowest BCUT2D eigenvalue weighted by Gasteiger charge is -2.30. The normalized spacial score (nSPS) is 19.6. The number of nitrogens with one attached hydrogen (secondary N) is 2. The number of morpholine rings is 1. The van der Waals surface area contributed by atoms with Gasteiger partial charge in [-0.3, -0.25) is 4.79 Å². The summed E-state index contributed by atoms with van der Waals surface area (Å²) in [7, 11) is 2.07. The first-order chi connectivity index (χ1) is 9.69. The monoisotopic (exact) mass is 277 g/mol. The number of anilines is 1. The summed E-state index contributed by atoms with van der Waals surface area (Å²) in [4.78, 5) is 14.3. The van der Waals surface area contributed by atoms with E-state index in [2.05, 4.69) is 22.6 Å². The third-order valence-corrected chi connectivity index (χ3v) is 3.36. The zero-order valence-electron chi connectivity index (χ0n) is 12.2. The van der Waals surface area contributed by atoms with Gasteiger partial charge in [-0.15, -0.1) is 0 Å². The molecular formula is C15H23N3O2. The fourth-order valence-corrected chi connectivity index (χ4v) is 2.24. The predicted molar refractivity (Wildman–Crippen MR) is 80.2 cm³/mol. The molecule has 1 aromatic rings. The minimum atomic E-state index is -0.0510. The van der Waals surface area contributed by atoms with Crippen LogP contribution in [-0.4, -0.2) is 56.7 Å². The van der Waals surface area contributed by atoms with E-state index in [4.69, 9.17) is 4.74 Å². The van der Waals surface area contributed by atoms with Crippen molar-refractivity contribution >= 4 is 11.6 Å². The molecule has 0 spiro atoms. The highest BCUT2D eigenvalue weighted by Gasteiger charge is 2.18. The minimum absolute atomic E-state index is 0.0510. The molecule has 110 valence electrons.